The van der Waals surface area contributed by atoms with Crippen molar-refractivity contribution >= 4 is 11.6 Å². The van der Waals surface area contributed by atoms with Crippen molar-refractivity contribution in [1.82, 2.24) is 14.9 Å². The summed E-state index contributed by atoms with van der Waals surface area (Å²) >= 11 is 0. The van der Waals surface area contributed by atoms with Crippen LogP contribution in [0, 0.1) is 11.3 Å². The van der Waals surface area contributed by atoms with Crippen molar-refractivity contribution in [2.24, 2.45) is 0 Å². The molecular weight excluding hydrogens is 454 g/mol. The largest absolute Gasteiger partial charge is 0.489 e. The molecule has 186 valence electrons. The van der Waals surface area contributed by atoms with Crippen molar-refractivity contribution in [3.05, 3.63) is 59.8 Å². The first-order chi connectivity index (χ1) is 17.6. The fourth-order valence-corrected chi connectivity index (χ4v) is 4.87. The molecule has 2 aromatic heterocycles. The zero-order valence-electron chi connectivity index (χ0n) is 20.7. The first-order valence-corrected chi connectivity index (χ1v) is 12.4. The lowest BCUT2D eigenvalue weighted by Crippen LogP contribution is -2.26. The molecule has 0 saturated carbocycles. The average Bonchev–Trinajstić information content (AvgIpc) is 3.35. The maximum atomic E-state index is 9.73. The number of nitrogens with zero attached hydrogens (tertiary/aromatic N) is 4. The topological polar surface area (TPSA) is 92.5 Å². The van der Waals surface area contributed by atoms with Crippen LogP contribution in [0.15, 0.2) is 48.7 Å². The molecule has 8 heteroatoms. The third-order valence-electron chi connectivity index (χ3n) is 6.83. The lowest BCUT2D eigenvalue weighted by atomic mass is 9.99. The summed E-state index contributed by atoms with van der Waals surface area (Å²) < 4.78 is 17.1. The fourth-order valence-electron chi connectivity index (χ4n) is 4.87. The molecule has 1 atom stereocenters. The van der Waals surface area contributed by atoms with Gasteiger partial charge < -0.3 is 24.4 Å². The third kappa shape index (κ3) is 5.43. The molecule has 0 aliphatic carbocycles. The third-order valence-corrected chi connectivity index (χ3v) is 6.83. The van der Waals surface area contributed by atoms with Crippen LogP contribution in [0.2, 0.25) is 0 Å². The van der Waals surface area contributed by atoms with Gasteiger partial charge in [0.1, 0.15) is 29.6 Å². The van der Waals surface area contributed by atoms with E-state index in [0.717, 1.165) is 49.0 Å². The van der Waals surface area contributed by atoms with E-state index in [-0.39, 0.29) is 6.10 Å². The predicted molar refractivity (Wildman–Crippen MR) is 138 cm³/mol. The molecule has 2 fully saturated rings. The van der Waals surface area contributed by atoms with E-state index in [2.05, 4.69) is 34.4 Å². The zero-order valence-corrected chi connectivity index (χ0v) is 20.7. The number of pyridine rings is 2. The Labute approximate surface area is 211 Å². The lowest BCUT2D eigenvalue weighted by molar-refractivity contribution is 0.0254. The molecule has 5 rings (SSSR count). The number of hydrogen-bond acceptors (Lipinski definition) is 8. The van der Waals surface area contributed by atoms with Gasteiger partial charge in [-0.2, -0.15) is 10.2 Å². The quantitative estimate of drug-likeness (QED) is 0.513. The van der Waals surface area contributed by atoms with Gasteiger partial charge >= 0.3 is 0 Å². The van der Waals surface area contributed by atoms with Gasteiger partial charge in [-0.05, 0) is 67.5 Å². The van der Waals surface area contributed by atoms with Gasteiger partial charge in [-0.1, -0.05) is 6.07 Å². The fraction of sp³-hybridized carbons (Fsp3) is 0.393. The number of benzene rings is 1. The van der Waals surface area contributed by atoms with E-state index in [1.807, 2.05) is 36.4 Å². The Balaban J connectivity index is 1.33. The highest BCUT2D eigenvalue weighted by molar-refractivity contribution is 5.70. The Morgan fingerprint density at radius 1 is 1.06 bits per heavy atom. The molecule has 1 aromatic carbocycles. The highest BCUT2D eigenvalue weighted by Crippen LogP contribution is 2.34. The molecule has 2 saturated heterocycles. The Bertz CT molecular complexity index is 1250. The number of likely N-dealkylation sites (tertiary alicyclic amines) is 1. The maximum Gasteiger partial charge on any atom is 0.218 e. The van der Waals surface area contributed by atoms with Gasteiger partial charge in [0, 0.05) is 37.1 Å². The molecule has 1 unspecified atom stereocenters. The smallest absolute Gasteiger partial charge is 0.218 e. The van der Waals surface area contributed by atoms with Crippen LogP contribution in [-0.2, 0) is 4.74 Å². The number of nitriles is 1. The van der Waals surface area contributed by atoms with Crippen LogP contribution in [-0.4, -0.2) is 61.4 Å². The molecule has 3 aromatic rings. The van der Waals surface area contributed by atoms with E-state index in [4.69, 9.17) is 19.2 Å². The standard InChI is InChI=1S/C28H31N5O3/c1-33-12-8-21(18-33)24-4-6-26(32-28(24)34-2)31-27-16-20(7-11-30-27)19-3-5-25(22(15-19)17-29)36-23-9-13-35-14-10-23/h3-7,11,15-16,21,23H,8-10,12-14,18H2,1-2H3,(H,30,31,32). The van der Waals surface area contributed by atoms with Crippen LogP contribution in [0.3, 0.4) is 0 Å². The average molecular weight is 486 g/mol. The van der Waals surface area contributed by atoms with Crippen molar-refractivity contribution in [2.75, 3.05) is 45.8 Å². The Kier molecular flexibility index (Phi) is 7.31. The number of likely N-dealkylation sites (N-methyl/N-ethyl adjacent to an activating group) is 1. The van der Waals surface area contributed by atoms with Crippen molar-refractivity contribution in [3.63, 3.8) is 0 Å². The van der Waals surface area contributed by atoms with Crippen molar-refractivity contribution in [2.45, 2.75) is 31.3 Å². The Morgan fingerprint density at radius 2 is 1.89 bits per heavy atom. The van der Waals surface area contributed by atoms with Crippen LogP contribution < -0.4 is 14.8 Å². The lowest BCUT2D eigenvalue weighted by Gasteiger charge is -2.23. The van der Waals surface area contributed by atoms with E-state index in [9.17, 15) is 5.26 Å². The van der Waals surface area contributed by atoms with E-state index < -0.39 is 0 Å². The number of methoxy groups -OCH3 is 1. The minimum Gasteiger partial charge on any atom is -0.489 e. The molecule has 4 heterocycles. The van der Waals surface area contributed by atoms with Gasteiger partial charge in [-0.3, -0.25) is 0 Å². The monoisotopic (exact) mass is 485 g/mol. The van der Waals surface area contributed by atoms with E-state index in [0.29, 0.717) is 48.0 Å². The van der Waals surface area contributed by atoms with Crippen LogP contribution in [0.25, 0.3) is 11.1 Å². The van der Waals surface area contributed by atoms with E-state index >= 15 is 0 Å². The van der Waals surface area contributed by atoms with Crippen LogP contribution in [0.5, 0.6) is 11.6 Å². The molecule has 8 nitrogen and oxygen atoms in total. The Hall–Kier alpha value is -3.67. The zero-order chi connectivity index (χ0) is 24.9. The second kappa shape index (κ2) is 10.9. The van der Waals surface area contributed by atoms with Gasteiger partial charge in [0.25, 0.3) is 0 Å². The van der Waals surface area contributed by atoms with Crippen LogP contribution in [0.4, 0.5) is 11.6 Å². The molecule has 0 spiro atoms. The highest BCUT2D eigenvalue weighted by Gasteiger charge is 2.25. The summed E-state index contributed by atoms with van der Waals surface area (Å²) in [7, 11) is 3.80. The number of ether oxygens (including phenoxy) is 3. The van der Waals surface area contributed by atoms with Crippen LogP contribution >= 0.6 is 0 Å². The first-order valence-electron chi connectivity index (χ1n) is 12.4. The highest BCUT2D eigenvalue weighted by atomic mass is 16.5. The predicted octanol–water partition coefficient (Wildman–Crippen LogP) is 4.74. The number of rotatable bonds is 7. The summed E-state index contributed by atoms with van der Waals surface area (Å²) in [6, 6.07) is 15.9. The summed E-state index contributed by atoms with van der Waals surface area (Å²) in [5.41, 5.74) is 3.52. The molecule has 0 radical (unpaired) electrons. The summed E-state index contributed by atoms with van der Waals surface area (Å²) in [5, 5.41) is 13.0. The van der Waals surface area contributed by atoms with Crippen molar-refractivity contribution in [3.8, 4) is 28.8 Å². The molecule has 1 N–H and O–H groups in total. The summed E-state index contributed by atoms with van der Waals surface area (Å²) in [4.78, 5) is 11.5. The van der Waals surface area contributed by atoms with Gasteiger partial charge in [0.15, 0.2) is 0 Å². The number of nitrogens with one attached hydrogen (secondary N) is 1. The molecule has 2 aliphatic heterocycles. The van der Waals surface area contributed by atoms with Gasteiger partial charge in [0.2, 0.25) is 5.88 Å². The minimum atomic E-state index is 0.0823. The number of aromatic nitrogens is 2. The van der Waals surface area contributed by atoms with Crippen LogP contribution in [0.1, 0.15) is 36.3 Å². The molecule has 0 amide bonds. The molecule has 0 bridgehead atoms. The number of hydrogen-bond donors (Lipinski definition) is 1. The maximum absolute atomic E-state index is 9.73. The summed E-state index contributed by atoms with van der Waals surface area (Å²) in [5.74, 6) is 3.03. The van der Waals surface area contributed by atoms with Gasteiger partial charge in [-0.15, -0.1) is 0 Å². The van der Waals surface area contributed by atoms with Gasteiger partial charge in [0.05, 0.1) is 25.9 Å². The molecule has 2 aliphatic rings. The van der Waals surface area contributed by atoms with E-state index in [1.54, 1.807) is 13.3 Å². The normalized spacial score (nSPS) is 18.5. The summed E-state index contributed by atoms with van der Waals surface area (Å²) in [6.45, 7) is 3.48. The second-order valence-corrected chi connectivity index (χ2v) is 9.35. The SMILES string of the molecule is COc1nc(Nc2cc(-c3ccc(OC4CCOCC4)c(C#N)c3)ccn2)ccc1C1CCN(C)C1. The molecular formula is C28H31N5O3. The first kappa shape index (κ1) is 24.0. The minimum absolute atomic E-state index is 0.0823. The Morgan fingerprint density at radius 3 is 2.64 bits per heavy atom. The van der Waals surface area contributed by atoms with E-state index in [1.165, 1.54) is 0 Å². The summed E-state index contributed by atoms with van der Waals surface area (Å²) in [6.07, 6.45) is 4.61. The second-order valence-electron chi connectivity index (χ2n) is 9.35. The number of anilines is 2. The van der Waals surface area contributed by atoms with Gasteiger partial charge in [-0.25, -0.2) is 4.98 Å². The van der Waals surface area contributed by atoms with Crippen molar-refractivity contribution in [1.29, 1.82) is 5.26 Å². The van der Waals surface area contributed by atoms with Crippen molar-refractivity contribution < 1.29 is 14.2 Å². The molecule has 36 heavy (non-hydrogen) atoms.